The lowest BCUT2D eigenvalue weighted by Gasteiger charge is -2.43. The lowest BCUT2D eigenvalue weighted by Crippen LogP contribution is -2.68. The molecule has 0 aromatic heterocycles. The zero-order chi connectivity index (χ0) is 34.0. The third kappa shape index (κ3) is 6.95. The van der Waals surface area contributed by atoms with Crippen LogP contribution in [0.2, 0.25) is 5.04 Å². The van der Waals surface area contributed by atoms with Gasteiger partial charge in [-0.1, -0.05) is 107 Å². The fourth-order valence-corrected chi connectivity index (χ4v) is 11.9. The van der Waals surface area contributed by atoms with Gasteiger partial charge >= 0.3 is 14.3 Å². The Bertz CT molecular complexity index is 1850. The summed E-state index contributed by atoms with van der Waals surface area (Å²) in [6.07, 6.45) is 2.68. The Balaban J connectivity index is 1.46. The summed E-state index contributed by atoms with van der Waals surface area (Å²) in [5.74, 6) is 0.203. The fourth-order valence-electron chi connectivity index (χ4n) is 6.26. The highest BCUT2D eigenvalue weighted by Gasteiger charge is 2.54. The summed E-state index contributed by atoms with van der Waals surface area (Å²) in [5.41, 5.74) is 3.44. The molecule has 8 nitrogen and oxygen atoms in total. The highest BCUT2D eigenvalue weighted by atomic mass is 32.2. The SMILES string of the molecule is Cc1nc2cc[nH]c(Cc3ccc(S(=O)(=O)N(C)[C@@H](CC(C)C)C(=O)O[Si](c4ccccc4)(c4ccccc4)C(C)(C)C)cc3)c-2n1. The molecule has 246 valence electrons. The van der Waals surface area contributed by atoms with Gasteiger partial charge in [0.15, 0.2) is 0 Å². The Hall–Kier alpha value is -4.12. The van der Waals surface area contributed by atoms with Crippen molar-refractivity contribution in [2.24, 2.45) is 5.92 Å². The van der Waals surface area contributed by atoms with E-state index in [9.17, 15) is 13.2 Å². The number of aromatic nitrogens is 3. The largest absolute Gasteiger partial charge is 0.508 e. The fraction of sp³-hybridized carbons (Fsp3) is 0.324. The van der Waals surface area contributed by atoms with Crippen molar-refractivity contribution in [3.63, 3.8) is 0 Å². The summed E-state index contributed by atoms with van der Waals surface area (Å²) in [5, 5.41) is 1.45. The lowest BCUT2D eigenvalue weighted by molar-refractivity contribution is -0.139. The molecule has 1 atom stereocenters. The first-order chi connectivity index (χ1) is 22.2. The average molecular weight is 669 g/mol. The minimum Gasteiger partial charge on any atom is -0.508 e. The van der Waals surface area contributed by atoms with Crippen LogP contribution in [0.3, 0.4) is 0 Å². The van der Waals surface area contributed by atoms with Crippen LogP contribution in [0.5, 0.6) is 0 Å². The summed E-state index contributed by atoms with van der Waals surface area (Å²) in [4.78, 5) is 26.8. The predicted octanol–water partition coefficient (Wildman–Crippen LogP) is 5.95. The summed E-state index contributed by atoms with van der Waals surface area (Å²) >= 11 is 0. The number of carbonyl (C=O) groups excluding carboxylic acids is 1. The van der Waals surface area contributed by atoms with Crippen LogP contribution in [0.15, 0.2) is 102 Å². The molecule has 0 amide bonds. The van der Waals surface area contributed by atoms with Crippen LogP contribution in [0.25, 0.3) is 11.4 Å². The number of aromatic amines is 1. The molecular formula is C37H44N4O4SSi. The van der Waals surface area contributed by atoms with Gasteiger partial charge in [-0.3, -0.25) is 4.79 Å². The maximum atomic E-state index is 14.5. The molecule has 0 spiro atoms. The number of sulfonamides is 1. The van der Waals surface area contributed by atoms with Gasteiger partial charge in [-0.05, 0) is 58.4 Å². The second-order valence-electron chi connectivity index (χ2n) is 13.5. The van der Waals surface area contributed by atoms with Gasteiger partial charge in [0.05, 0.1) is 10.6 Å². The van der Waals surface area contributed by atoms with E-state index >= 15 is 0 Å². The van der Waals surface area contributed by atoms with Crippen molar-refractivity contribution in [3.8, 4) is 11.4 Å². The van der Waals surface area contributed by atoms with Gasteiger partial charge in [-0.25, -0.2) is 18.4 Å². The topological polar surface area (TPSA) is 105 Å². The van der Waals surface area contributed by atoms with Crippen molar-refractivity contribution in [3.05, 3.63) is 114 Å². The van der Waals surface area contributed by atoms with Crippen molar-refractivity contribution in [2.45, 2.75) is 70.4 Å². The first-order valence-electron chi connectivity index (χ1n) is 16.0. The van der Waals surface area contributed by atoms with Gasteiger partial charge in [-0.15, -0.1) is 0 Å². The van der Waals surface area contributed by atoms with Crippen molar-refractivity contribution in [1.29, 1.82) is 0 Å². The van der Waals surface area contributed by atoms with Gasteiger partial charge in [0.1, 0.15) is 17.6 Å². The summed E-state index contributed by atoms with van der Waals surface area (Å²) < 4.78 is 36.2. The Labute approximate surface area is 279 Å². The van der Waals surface area contributed by atoms with Crippen LogP contribution in [0.4, 0.5) is 0 Å². The van der Waals surface area contributed by atoms with Gasteiger partial charge < -0.3 is 9.41 Å². The van der Waals surface area contributed by atoms with E-state index in [1.165, 1.54) is 11.4 Å². The molecule has 3 aromatic rings. The molecule has 3 aromatic carbocycles. The van der Waals surface area contributed by atoms with E-state index in [0.29, 0.717) is 18.7 Å². The Kier molecular flexibility index (Phi) is 9.86. The van der Waals surface area contributed by atoms with E-state index in [4.69, 9.17) is 4.43 Å². The van der Waals surface area contributed by atoms with Crippen LogP contribution in [0.1, 0.15) is 58.1 Å². The number of hydrogen-bond donors (Lipinski definition) is 1. The third-order valence-electron chi connectivity index (χ3n) is 8.64. The second kappa shape index (κ2) is 13.5. The molecule has 0 radical (unpaired) electrons. The normalized spacial score (nSPS) is 13.3. The van der Waals surface area contributed by atoms with Crippen LogP contribution in [0, 0.1) is 12.8 Å². The maximum absolute atomic E-state index is 14.5. The number of benzene rings is 3. The number of hydrogen-bond acceptors (Lipinski definition) is 6. The smallest absolute Gasteiger partial charge is 0.323 e. The number of H-pyrrole nitrogens is 1. The minimum atomic E-state index is -4.05. The molecule has 5 rings (SSSR count). The molecule has 47 heavy (non-hydrogen) atoms. The molecule has 0 fully saturated rings. The average Bonchev–Trinajstić information content (AvgIpc) is 3.43. The zero-order valence-corrected chi connectivity index (χ0v) is 30.0. The van der Waals surface area contributed by atoms with E-state index < -0.39 is 35.4 Å². The van der Waals surface area contributed by atoms with Gasteiger partial charge in [0.2, 0.25) is 10.0 Å². The van der Waals surface area contributed by atoms with Crippen LogP contribution >= 0.6 is 0 Å². The van der Waals surface area contributed by atoms with Gasteiger partial charge in [0.25, 0.3) is 0 Å². The number of likely N-dealkylation sites (N-methyl/N-ethyl adjacent to an activating group) is 1. The molecule has 0 unspecified atom stereocenters. The number of nitrogens with one attached hydrogen (secondary N) is 1. The summed E-state index contributed by atoms with van der Waals surface area (Å²) in [7, 11) is -5.83. The number of aryl methyl sites for hydroxylation is 1. The maximum Gasteiger partial charge on any atom is 0.323 e. The first kappa shape index (κ1) is 34.2. The number of nitrogens with zero attached hydrogens (tertiary/aromatic N) is 3. The predicted molar refractivity (Wildman–Crippen MR) is 189 cm³/mol. The van der Waals surface area contributed by atoms with E-state index in [-0.39, 0.29) is 10.8 Å². The van der Waals surface area contributed by atoms with Crippen LogP contribution in [-0.2, 0) is 25.7 Å². The van der Waals surface area contributed by atoms with E-state index in [1.54, 1.807) is 24.3 Å². The van der Waals surface area contributed by atoms with Gasteiger partial charge in [0, 0.05) is 25.4 Å². The molecule has 0 saturated heterocycles. The van der Waals surface area contributed by atoms with E-state index in [2.05, 4.69) is 35.7 Å². The molecule has 1 N–H and O–H groups in total. The molecule has 0 saturated carbocycles. The molecule has 0 aliphatic carbocycles. The van der Waals surface area contributed by atoms with Crippen molar-refractivity contribution in [1.82, 2.24) is 19.3 Å². The molecule has 2 aliphatic rings. The first-order valence-corrected chi connectivity index (χ1v) is 19.3. The molecule has 2 heterocycles. The highest BCUT2D eigenvalue weighted by Crippen LogP contribution is 2.38. The second-order valence-corrected chi connectivity index (χ2v) is 19.8. The highest BCUT2D eigenvalue weighted by molar-refractivity contribution is 7.89. The quantitative estimate of drug-likeness (QED) is 0.175. The zero-order valence-electron chi connectivity index (χ0n) is 28.2. The van der Waals surface area contributed by atoms with E-state index in [1.807, 2.05) is 93.7 Å². The summed E-state index contributed by atoms with van der Waals surface area (Å²) in [6.45, 7) is 12.1. The number of carbonyl (C=O) groups is 1. The number of pyridine rings is 1. The van der Waals surface area contributed by atoms with Crippen molar-refractivity contribution in [2.75, 3.05) is 7.05 Å². The van der Waals surface area contributed by atoms with Crippen LogP contribution in [-0.4, -0.2) is 55.1 Å². The standard InChI is InChI=1S/C37H44N4O4SSi/c1-26(2)24-34(36(42)45-47(37(4,5)6,30-14-10-8-11-15-30)31-16-12-9-13-17-31)41(7)46(43,44)29-20-18-28(19-21-29)25-33-35-32(22-23-38-33)39-27(3)40-35/h8-23,26,34,38H,24-25H2,1-7H3/t34-/m0/s1. The van der Waals surface area contributed by atoms with Crippen LogP contribution < -0.4 is 10.4 Å². The monoisotopic (exact) mass is 668 g/mol. The third-order valence-corrected chi connectivity index (χ3v) is 15.4. The Morgan fingerprint density at radius 2 is 1.47 bits per heavy atom. The minimum absolute atomic E-state index is 0.0358. The Morgan fingerprint density at radius 1 is 0.894 bits per heavy atom. The van der Waals surface area contributed by atoms with Gasteiger partial charge in [-0.2, -0.15) is 4.31 Å². The summed E-state index contributed by atoms with van der Waals surface area (Å²) in [6, 6.07) is 27.4. The van der Waals surface area contributed by atoms with Crippen molar-refractivity contribution < 1.29 is 17.6 Å². The molecule has 2 aliphatic heterocycles. The number of imidazole rings is 1. The van der Waals surface area contributed by atoms with Crippen molar-refractivity contribution >= 4 is 34.7 Å². The number of rotatable bonds is 11. The molecular weight excluding hydrogens is 625 g/mol. The lowest BCUT2D eigenvalue weighted by atomic mass is 10.0. The number of fused-ring (bicyclic) bond motifs is 1. The molecule has 10 heteroatoms. The Morgan fingerprint density at radius 3 is 2.00 bits per heavy atom. The van der Waals surface area contributed by atoms with E-state index in [0.717, 1.165) is 33.0 Å². The molecule has 0 bridgehead atoms.